The summed E-state index contributed by atoms with van der Waals surface area (Å²) in [6, 6.07) is 19.2. The minimum absolute atomic E-state index is 0.153. The van der Waals surface area contributed by atoms with Crippen LogP contribution in [-0.4, -0.2) is 13.2 Å². The lowest BCUT2D eigenvalue weighted by atomic mass is 9.59. The smallest absolute Gasteiger partial charge is 0.119 e. The summed E-state index contributed by atoms with van der Waals surface area (Å²) in [5.41, 5.74) is 9.43. The standard InChI is InChI=1S/C19H23NO/c1-21-17-10-5-7-15(13-17)14-18(20)19(11-6-12-19)16-8-3-2-4-9-16/h2-5,7-10,13,18H,6,11-12,14,20H2,1H3. The zero-order valence-electron chi connectivity index (χ0n) is 12.6. The zero-order chi connectivity index (χ0) is 14.7. The zero-order valence-corrected chi connectivity index (χ0v) is 12.6. The summed E-state index contributed by atoms with van der Waals surface area (Å²) >= 11 is 0. The molecule has 2 N–H and O–H groups in total. The number of nitrogens with two attached hydrogens (primary N) is 1. The Labute approximate surface area is 126 Å². The maximum absolute atomic E-state index is 6.63. The van der Waals surface area contributed by atoms with Crippen molar-refractivity contribution in [1.29, 1.82) is 0 Å². The molecule has 110 valence electrons. The first-order valence-electron chi connectivity index (χ1n) is 7.69. The van der Waals surface area contributed by atoms with E-state index in [-0.39, 0.29) is 11.5 Å². The molecule has 0 aliphatic heterocycles. The number of hydrogen-bond donors (Lipinski definition) is 1. The summed E-state index contributed by atoms with van der Waals surface area (Å²) < 4.78 is 5.31. The van der Waals surface area contributed by atoms with Crippen molar-refractivity contribution in [1.82, 2.24) is 0 Å². The quantitative estimate of drug-likeness (QED) is 0.907. The lowest BCUT2D eigenvalue weighted by molar-refractivity contribution is 0.194. The fraction of sp³-hybridized carbons (Fsp3) is 0.368. The van der Waals surface area contributed by atoms with E-state index in [0.29, 0.717) is 0 Å². The second-order valence-corrected chi connectivity index (χ2v) is 6.04. The number of hydrogen-bond acceptors (Lipinski definition) is 2. The second-order valence-electron chi connectivity index (χ2n) is 6.04. The van der Waals surface area contributed by atoms with Crippen LogP contribution in [0.15, 0.2) is 54.6 Å². The van der Waals surface area contributed by atoms with E-state index in [2.05, 4.69) is 42.5 Å². The van der Waals surface area contributed by atoms with Gasteiger partial charge < -0.3 is 10.5 Å². The Hall–Kier alpha value is -1.80. The van der Waals surface area contributed by atoms with E-state index in [1.165, 1.54) is 30.4 Å². The Morgan fingerprint density at radius 3 is 2.48 bits per heavy atom. The van der Waals surface area contributed by atoms with Crippen LogP contribution in [0, 0.1) is 0 Å². The Balaban J connectivity index is 1.81. The van der Waals surface area contributed by atoms with E-state index in [4.69, 9.17) is 10.5 Å². The van der Waals surface area contributed by atoms with Crippen molar-refractivity contribution in [3.05, 3.63) is 65.7 Å². The van der Waals surface area contributed by atoms with Crippen molar-refractivity contribution >= 4 is 0 Å². The largest absolute Gasteiger partial charge is 0.497 e. The highest BCUT2D eigenvalue weighted by molar-refractivity contribution is 5.34. The summed E-state index contributed by atoms with van der Waals surface area (Å²) in [7, 11) is 1.70. The van der Waals surface area contributed by atoms with Gasteiger partial charge >= 0.3 is 0 Å². The summed E-state index contributed by atoms with van der Waals surface area (Å²) in [6.45, 7) is 0. The topological polar surface area (TPSA) is 35.2 Å². The first-order chi connectivity index (χ1) is 10.2. The van der Waals surface area contributed by atoms with Gasteiger partial charge in [-0.05, 0) is 42.5 Å². The first-order valence-corrected chi connectivity index (χ1v) is 7.69. The van der Waals surface area contributed by atoms with Gasteiger partial charge in [-0.25, -0.2) is 0 Å². The first kappa shape index (κ1) is 14.2. The molecule has 0 amide bonds. The van der Waals surface area contributed by atoms with Crippen molar-refractivity contribution in [3.8, 4) is 5.75 Å². The minimum Gasteiger partial charge on any atom is -0.497 e. The van der Waals surface area contributed by atoms with Gasteiger partial charge in [0.1, 0.15) is 5.75 Å². The highest BCUT2D eigenvalue weighted by Crippen LogP contribution is 2.46. The van der Waals surface area contributed by atoms with Gasteiger partial charge in [0.15, 0.2) is 0 Å². The third kappa shape index (κ3) is 2.68. The van der Waals surface area contributed by atoms with E-state index < -0.39 is 0 Å². The highest BCUT2D eigenvalue weighted by atomic mass is 16.5. The van der Waals surface area contributed by atoms with Crippen molar-refractivity contribution in [2.45, 2.75) is 37.1 Å². The molecule has 2 heteroatoms. The van der Waals surface area contributed by atoms with E-state index in [1.807, 2.05) is 12.1 Å². The van der Waals surface area contributed by atoms with Gasteiger partial charge in [-0.3, -0.25) is 0 Å². The lowest BCUT2D eigenvalue weighted by Gasteiger charge is -2.47. The molecular weight excluding hydrogens is 258 g/mol. The van der Waals surface area contributed by atoms with Gasteiger partial charge in [0.2, 0.25) is 0 Å². The molecule has 1 aliphatic carbocycles. The fourth-order valence-electron chi connectivity index (χ4n) is 3.45. The Bertz CT molecular complexity index is 590. The number of ether oxygens (including phenoxy) is 1. The maximum Gasteiger partial charge on any atom is 0.119 e. The summed E-state index contributed by atoms with van der Waals surface area (Å²) in [6.07, 6.45) is 4.57. The van der Waals surface area contributed by atoms with Gasteiger partial charge in [-0.15, -0.1) is 0 Å². The second kappa shape index (κ2) is 5.90. The van der Waals surface area contributed by atoms with Crippen molar-refractivity contribution in [3.63, 3.8) is 0 Å². The molecular formula is C19H23NO. The van der Waals surface area contributed by atoms with Gasteiger partial charge in [-0.1, -0.05) is 48.9 Å². The van der Waals surface area contributed by atoms with Crippen LogP contribution in [0.5, 0.6) is 5.75 Å². The third-order valence-electron chi connectivity index (χ3n) is 4.89. The Kier molecular flexibility index (Phi) is 3.98. The molecule has 2 aromatic rings. The third-order valence-corrected chi connectivity index (χ3v) is 4.89. The fourth-order valence-corrected chi connectivity index (χ4v) is 3.45. The molecule has 0 aromatic heterocycles. The van der Waals surface area contributed by atoms with Crippen LogP contribution in [-0.2, 0) is 11.8 Å². The number of benzene rings is 2. The Morgan fingerprint density at radius 1 is 1.10 bits per heavy atom. The van der Waals surface area contributed by atoms with Gasteiger partial charge in [0.05, 0.1) is 7.11 Å². The molecule has 1 aliphatic rings. The molecule has 0 bridgehead atoms. The van der Waals surface area contributed by atoms with E-state index in [0.717, 1.165) is 12.2 Å². The molecule has 0 heterocycles. The van der Waals surface area contributed by atoms with Crippen molar-refractivity contribution < 1.29 is 4.74 Å². The molecule has 21 heavy (non-hydrogen) atoms. The molecule has 1 saturated carbocycles. The lowest BCUT2D eigenvalue weighted by Crippen LogP contribution is -2.51. The van der Waals surface area contributed by atoms with E-state index in [9.17, 15) is 0 Å². The summed E-state index contributed by atoms with van der Waals surface area (Å²) in [5.74, 6) is 0.905. The van der Waals surface area contributed by atoms with Gasteiger partial charge in [0, 0.05) is 11.5 Å². The molecule has 0 radical (unpaired) electrons. The van der Waals surface area contributed by atoms with Gasteiger partial charge in [0.25, 0.3) is 0 Å². The number of methoxy groups -OCH3 is 1. The normalized spacial score (nSPS) is 17.8. The summed E-state index contributed by atoms with van der Waals surface area (Å²) in [4.78, 5) is 0. The van der Waals surface area contributed by atoms with Crippen LogP contribution in [0.2, 0.25) is 0 Å². The Morgan fingerprint density at radius 2 is 1.86 bits per heavy atom. The van der Waals surface area contributed by atoms with Crippen molar-refractivity contribution in [2.75, 3.05) is 7.11 Å². The van der Waals surface area contributed by atoms with Crippen LogP contribution < -0.4 is 10.5 Å². The molecule has 0 spiro atoms. The average molecular weight is 281 g/mol. The predicted molar refractivity (Wildman–Crippen MR) is 86.6 cm³/mol. The molecule has 0 saturated heterocycles. The van der Waals surface area contributed by atoms with E-state index >= 15 is 0 Å². The highest BCUT2D eigenvalue weighted by Gasteiger charge is 2.43. The average Bonchev–Trinajstić information content (AvgIpc) is 2.47. The van der Waals surface area contributed by atoms with Crippen LogP contribution in [0.4, 0.5) is 0 Å². The molecule has 2 nitrogen and oxygen atoms in total. The molecule has 1 atom stereocenters. The molecule has 1 unspecified atom stereocenters. The minimum atomic E-state index is 0.153. The number of rotatable bonds is 5. The SMILES string of the molecule is COc1cccc(CC(N)C2(c3ccccc3)CCC2)c1. The van der Waals surface area contributed by atoms with E-state index in [1.54, 1.807) is 7.11 Å². The molecule has 3 rings (SSSR count). The molecule has 2 aromatic carbocycles. The van der Waals surface area contributed by atoms with Gasteiger partial charge in [-0.2, -0.15) is 0 Å². The van der Waals surface area contributed by atoms with Crippen LogP contribution in [0.3, 0.4) is 0 Å². The van der Waals surface area contributed by atoms with Crippen molar-refractivity contribution in [2.24, 2.45) is 5.73 Å². The monoisotopic (exact) mass is 281 g/mol. The van der Waals surface area contributed by atoms with Crippen LogP contribution in [0.25, 0.3) is 0 Å². The summed E-state index contributed by atoms with van der Waals surface area (Å²) in [5, 5.41) is 0. The maximum atomic E-state index is 6.63. The van der Waals surface area contributed by atoms with Crippen LogP contribution >= 0.6 is 0 Å². The predicted octanol–water partition coefficient (Wildman–Crippen LogP) is 3.69. The van der Waals surface area contributed by atoms with Crippen LogP contribution in [0.1, 0.15) is 30.4 Å². The molecule has 1 fully saturated rings.